The Hall–Kier alpha value is -2.49. The van der Waals surface area contributed by atoms with Crippen LogP contribution in [0, 0.1) is 0 Å². The van der Waals surface area contributed by atoms with E-state index in [-0.39, 0.29) is 10.5 Å². The summed E-state index contributed by atoms with van der Waals surface area (Å²) in [5.41, 5.74) is 0.211. The predicted molar refractivity (Wildman–Crippen MR) is 82.0 cm³/mol. The van der Waals surface area contributed by atoms with Crippen molar-refractivity contribution in [2.75, 3.05) is 0 Å². The maximum atomic E-state index is 12.6. The molecule has 0 N–H and O–H groups in total. The highest BCUT2D eigenvalue weighted by Gasteiger charge is 2.48. The van der Waals surface area contributed by atoms with Crippen LogP contribution in [0.1, 0.15) is 19.4 Å². The monoisotopic (exact) mass is 375 g/mol. The van der Waals surface area contributed by atoms with E-state index in [0.29, 0.717) is 5.56 Å². The van der Waals surface area contributed by atoms with Crippen molar-refractivity contribution in [1.82, 2.24) is 0 Å². The van der Waals surface area contributed by atoms with E-state index in [9.17, 15) is 31.2 Å². The molecule has 1 heterocycles. The number of ketones is 2. The Balaban J connectivity index is 2.50. The SMILES string of the molecule is CC(=O)C(OC1=NS(=O)(=O)C(C)=C1c1ccccc1)C(=O)C(F)(F)F. The van der Waals surface area contributed by atoms with Crippen molar-refractivity contribution in [1.29, 1.82) is 0 Å². The molecule has 1 aliphatic rings. The summed E-state index contributed by atoms with van der Waals surface area (Å²) in [6.45, 7) is 1.93. The van der Waals surface area contributed by atoms with Gasteiger partial charge in [0.05, 0.1) is 10.5 Å². The van der Waals surface area contributed by atoms with Gasteiger partial charge in [-0.3, -0.25) is 9.59 Å². The molecule has 0 saturated heterocycles. The average Bonchev–Trinajstić information content (AvgIpc) is 2.73. The van der Waals surface area contributed by atoms with Crippen LogP contribution in [0.5, 0.6) is 0 Å². The van der Waals surface area contributed by atoms with Gasteiger partial charge in [-0.2, -0.15) is 21.6 Å². The summed E-state index contributed by atoms with van der Waals surface area (Å²) in [6.07, 6.45) is -7.85. The number of sulfonamides is 1. The second-order valence-electron chi connectivity index (χ2n) is 5.14. The van der Waals surface area contributed by atoms with Gasteiger partial charge >= 0.3 is 6.18 Å². The highest BCUT2D eigenvalue weighted by atomic mass is 32.2. The van der Waals surface area contributed by atoms with Gasteiger partial charge in [0.25, 0.3) is 15.8 Å². The zero-order valence-electron chi connectivity index (χ0n) is 13.0. The number of benzene rings is 1. The lowest BCUT2D eigenvalue weighted by molar-refractivity contribution is -0.179. The number of allylic oxidation sites excluding steroid dienone is 1. The van der Waals surface area contributed by atoms with E-state index in [4.69, 9.17) is 4.74 Å². The van der Waals surface area contributed by atoms with E-state index in [2.05, 4.69) is 4.40 Å². The normalized spacial score (nSPS) is 17.9. The van der Waals surface area contributed by atoms with Crippen molar-refractivity contribution in [3.63, 3.8) is 0 Å². The van der Waals surface area contributed by atoms with E-state index in [0.717, 1.165) is 6.92 Å². The van der Waals surface area contributed by atoms with Gasteiger partial charge in [-0.1, -0.05) is 30.3 Å². The first kappa shape index (κ1) is 18.8. The molecule has 0 aromatic heterocycles. The minimum atomic E-state index is -5.32. The van der Waals surface area contributed by atoms with Crippen LogP contribution < -0.4 is 0 Å². The van der Waals surface area contributed by atoms with Gasteiger partial charge in [0.15, 0.2) is 5.78 Å². The Kier molecular flexibility index (Phi) is 4.85. The molecule has 0 amide bonds. The summed E-state index contributed by atoms with van der Waals surface area (Å²) in [6, 6.07) is 7.77. The average molecular weight is 375 g/mol. The molecular formula is C15H12F3NO5S. The number of alkyl halides is 3. The number of halogens is 3. The van der Waals surface area contributed by atoms with Crippen LogP contribution in [0.15, 0.2) is 39.6 Å². The fourth-order valence-electron chi connectivity index (χ4n) is 2.10. The first-order valence-electron chi connectivity index (χ1n) is 6.85. The lowest BCUT2D eigenvalue weighted by Crippen LogP contribution is -2.42. The molecule has 0 saturated carbocycles. The molecule has 1 aromatic rings. The molecular weight excluding hydrogens is 363 g/mol. The van der Waals surface area contributed by atoms with Gasteiger partial charge in [-0.05, 0) is 19.4 Å². The lowest BCUT2D eigenvalue weighted by Gasteiger charge is -2.17. The molecule has 1 aliphatic heterocycles. The third-order valence-corrected chi connectivity index (χ3v) is 4.72. The van der Waals surface area contributed by atoms with Crippen molar-refractivity contribution in [2.45, 2.75) is 26.1 Å². The summed E-state index contributed by atoms with van der Waals surface area (Å²) in [5.74, 6) is -4.38. The van der Waals surface area contributed by atoms with Crippen LogP contribution in [0.3, 0.4) is 0 Å². The minimum Gasteiger partial charge on any atom is -0.457 e. The van der Waals surface area contributed by atoms with Gasteiger partial charge in [0.1, 0.15) is 0 Å². The van der Waals surface area contributed by atoms with Crippen LogP contribution in [0.2, 0.25) is 0 Å². The number of Topliss-reactive ketones (excluding diaryl/α,β-unsaturated/α-hetero) is 2. The van der Waals surface area contributed by atoms with E-state index in [1.807, 2.05) is 0 Å². The van der Waals surface area contributed by atoms with Crippen molar-refractivity contribution < 1.29 is 35.9 Å². The summed E-state index contributed by atoms with van der Waals surface area (Å²) in [4.78, 5) is 22.6. The standard InChI is InChI=1S/C15H12F3NO5S/c1-8(20)12(13(21)15(16,17)18)24-14-11(9(2)25(22,23)19-14)10-6-4-3-5-7-10/h3-7,12H,1-2H3. The Morgan fingerprint density at radius 3 is 2.20 bits per heavy atom. The molecule has 25 heavy (non-hydrogen) atoms. The molecule has 0 radical (unpaired) electrons. The third kappa shape index (κ3) is 3.78. The molecule has 0 aliphatic carbocycles. The molecule has 134 valence electrons. The number of carbonyl (C=O) groups is 2. The third-order valence-electron chi connectivity index (χ3n) is 3.33. The molecule has 1 aromatic carbocycles. The second kappa shape index (κ2) is 6.43. The smallest absolute Gasteiger partial charge is 0.454 e. The topological polar surface area (TPSA) is 89.9 Å². The molecule has 0 spiro atoms. The number of carbonyl (C=O) groups excluding carboxylic acids is 2. The predicted octanol–water partition coefficient (Wildman–Crippen LogP) is 2.27. The Morgan fingerprint density at radius 2 is 1.72 bits per heavy atom. The van der Waals surface area contributed by atoms with Crippen molar-refractivity contribution in [3.05, 3.63) is 40.8 Å². The molecule has 0 bridgehead atoms. The fourth-order valence-corrected chi connectivity index (χ4v) is 3.05. The summed E-state index contributed by atoms with van der Waals surface area (Å²) >= 11 is 0. The van der Waals surface area contributed by atoms with Gasteiger partial charge in [0, 0.05) is 0 Å². The summed E-state index contributed by atoms with van der Waals surface area (Å²) < 4.78 is 69.9. The van der Waals surface area contributed by atoms with Gasteiger partial charge in [-0.15, -0.1) is 4.40 Å². The van der Waals surface area contributed by atoms with E-state index in [1.165, 1.54) is 19.1 Å². The molecule has 10 heteroatoms. The van der Waals surface area contributed by atoms with Crippen LogP contribution in [-0.4, -0.2) is 38.2 Å². The van der Waals surface area contributed by atoms with Gasteiger partial charge in [0.2, 0.25) is 12.0 Å². The Labute approximate surface area is 141 Å². The van der Waals surface area contributed by atoms with Crippen LogP contribution >= 0.6 is 0 Å². The molecule has 6 nitrogen and oxygen atoms in total. The number of ether oxygens (including phenoxy) is 1. The first-order valence-corrected chi connectivity index (χ1v) is 8.29. The Bertz CT molecular complexity index is 885. The maximum absolute atomic E-state index is 12.6. The highest BCUT2D eigenvalue weighted by molar-refractivity contribution is 7.94. The Morgan fingerprint density at radius 1 is 1.16 bits per heavy atom. The van der Waals surface area contributed by atoms with Crippen LogP contribution in [-0.2, 0) is 24.3 Å². The number of rotatable bonds is 4. The minimum absolute atomic E-state index is 0.0955. The zero-order valence-corrected chi connectivity index (χ0v) is 13.8. The maximum Gasteiger partial charge on any atom is 0.454 e. The summed E-state index contributed by atoms with van der Waals surface area (Å²) in [7, 11) is -4.17. The molecule has 0 fully saturated rings. The van der Waals surface area contributed by atoms with E-state index >= 15 is 0 Å². The highest BCUT2D eigenvalue weighted by Crippen LogP contribution is 2.33. The van der Waals surface area contributed by atoms with Gasteiger partial charge < -0.3 is 4.74 Å². The van der Waals surface area contributed by atoms with E-state index < -0.39 is 39.8 Å². The van der Waals surface area contributed by atoms with Crippen LogP contribution in [0.4, 0.5) is 13.2 Å². The second-order valence-corrected chi connectivity index (χ2v) is 6.88. The van der Waals surface area contributed by atoms with Crippen molar-refractivity contribution >= 4 is 33.1 Å². The number of nitrogens with zero attached hydrogens (tertiary/aromatic N) is 1. The van der Waals surface area contributed by atoms with Crippen molar-refractivity contribution in [3.8, 4) is 0 Å². The zero-order chi connectivity index (χ0) is 19.0. The fraction of sp³-hybridized carbons (Fsp3) is 0.267. The van der Waals surface area contributed by atoms with Crippen LogP contribution in [0.25, 0.3) is 5.57 Å². The largest absolute Gasteiger partial charge is 0.457 e. The molecule has 1 unspecified atom stereocenters. The van der Waals surface area contributed by atoms with Crippen molar-refractivity contribution in [2.24, 2.45) is 4.40 Å². The molecule has 1 atom stereocenters. The molecule has 2 rings (SSSR count). The number of hydrogen-bond acceptors (Lipinski definition) is 5. The quantitative estimate of drug-likeness (QED) is 0.753. The lowest BCUT2D eigenvalue weighted by atomic mass is 10.1. The van der Waals surface area contributed by atoms with Gasteiger partial charge in [-0.25, -0.2) is 0 Å². The van der Waals surface area contributed by atoms with E-state index in [1.54, 1.807) is 18.2 Å². The first-order chi connectivity index (χ1) is 11.4. The number of hydrogen-bond donors (Lipinski definition) is 0. The summed E-state index contributed by atoms with van der Waals surface area (Å²) in [5, 5.41) is 0.